The van der Waals surface area contributed by atoms with Gasteiger partial charge in [-0.3, -0.25) is 4.72 Å². The van der Waals surface area contributed by atoms with Crippen molar-refractivity contribution in [1.82, 2.24) is 14.9 Å². The number of nitrogens with one attached hydrogen (secondary N) is 2. The number of rotatable bonds is 7. The van der Waals surface area contributed by atoms with Gasteiger partial charge in [0.25, 0.3) is 0 Å². The molecule has 2 amide bonds. The van der Waals surface area contributed by atoms with Crippen LogP contribution in [0.1, 0.15) is 31.2 Å². The van der Waals surface area contributed by atoms with Gasteiger partial charge in [0.2, 0.25) is 0 Å². The highest BCUT2D eigenvalue weighted by Gasteiger charge is 2.50. The second-order valence-electron chi connectivity index (χ2n) is 8.80. The predicted molar refractivity (Wildman–Crippen MR) is 136 cm³/mol. The van der Waals surface area contributed by atoms with Crippen LogP contribution in [0.5, 0.6) is 11.5 Å². The smallest absolute Gasteiger partial charge is 0.325 e. The predicted octanol–water partition coefficient (Wildman–Crippen LogP) is 4.93. The van der Waals surface area contributed by atoms with E-state index in [9.17, 15) is 4.79 Å². The van der Waals surface area contributed by atoms with Crippen molar-refractivity contribution >= 4 is 29.7 Å². The van der Waals surface area contributed by atoms with Crippen LogP contribution >= 0.6 is 23.7 Å². The minimum absolute atomic E-state index is 0.0801. The van der Waals surface area contributed by atoms with Gasteiger partial charge in [0.1, 0.15) is 0 Å². The molecule has 1 saturated heterocycles. The number of ether oxygens (including phenoxy) is 2. The number of likely N-dealkylation sites (tertiary alicyclic amines) is 1. The molecule has 1 heterocycles. The highest BCUT2D eigenvalue weighted by atomic mass is 32.2. The van der Waals surface area contributed by atoms with Gasteiger partial charge in [-0.15, -0.1) is 11.8 Å². The Labute approximate surface area is 205 Å². The number of nitrogens with zero attached hydrogens (tertiary/aromatic N) is 1. The van der Waals surface area contributed by atoms with E-state index >= 15 is 0 Å². The Morgan fingerprint density at radius 1 is 1.06 bits per heavy atom. The van der Waals surface area contributed by atoms with E-state index in [0.717, 1.165) is 48.6 Å². The lowest BCUT2D eigenvalue weighted by molar-refractivity contribution is 0.155. The van der Waals surface area contributed by atoms with E-state index in [2.05, 4.69) is 52.5 Å². The maximum Gasteiger partial charge on any atom is 0.325 e. The molecule has 178 valence electrons. The van der Waals surface area contributed by atoms with Crippen molar-refractivity contribution in [3.8, 4) is 11.5 Å². The summed E-state index contributed by atoms with van der Waals surface area (Å²) < 4.78 is 14.0. The molecule has 6 nitrogen and oxygen atoms in total. The van der Waals surface area contributed by atoms with Crippen molar-refractivity contribution in [2.24, 2.45) is 0 Å². The molecular formula is C25H33N3O3S2. The minimum atomic E-state index is -0.127. The van der Waals surface area contributed by atoms with E-state index in [1.54, 1.807) is 26.0 Å². The summed E-state index contributed by atoms with van der Waals surface area (Å²) in [6, 6.07) is 14.9. The van der Waals surface area contributed by atoms with Gasteiger partial charge in [-0.05, 0) is 99.4 Å². The zero-order valence-corrected chi connectivity index (χ0v) is 21.4. The Balaban J connectivity index is 1.40. The van der Waals surface area contributed by atoms with Gasteiger partial charge in [0.15, 0.2) is 11.5 Å². The molecule has 1 aliphatic heterocycles. The van der Waals surface area contributed by atoms with Crippen LogP contribution in [0, 0.1) is 0 Å². The number of amides is 2. The zero-order valence-electron chi connectivity index (χ0n) is 19.7. The van der Waals surface area contributed by atoms with Crippen molar-refractivity contribution in [1.29, 1.82) is 0 Å². The summed E-state index contributed by atoms with van der Waals surface area (Å²) >= 11 is 3.06. The molecule has 2 fully saturated rings. The topological polar surface area (TPSA) is 62.8 Å². The normalized spacial score (nSPS) is 24.7. The fraction of sp³-hybridized carbons (Fsp3) is 0.480. The molecule has 0 bridgehead atoms. The Kier molecular flexibility index (Phi) is 7.66. The maximum atomic E-state index is 12.6. The van der Waals surface area contributed by atoms with Crippen LogP contribution in [0.2, 0.25) is 0 Å². The van der Waals surface area contributed by atoms with E-state index in [4.69, 9.17) is 9.47 Å². The Morgan fingerprint density at radius 3 is 2.48 bits per heavy atom. The van der Waals surface area contributed by atoms with Crippen LogP contribution < -0.4 is 19.5 Å². The first kappa shape index (κ1) is 24.1. The summed E-state index contributed by atoms with van der Waals surface area (Å²) in [4.78, 5) is 17.3. The first-order valence-electron chi connectivity index (χ1n) is 11.3. The average Bonchev–Trinajstić information content (AvgIpc) is 3.19. The van der Waals surface area contributed by atoms with Gasteiger partial charge >= 0.3 is 6.03 Å². The summed E-state index contributed by atoms with van der Waals surface area (Å²) in [6.07, 6.45) is 6.10. The lowest BCUT2D eigenvalue weighted by Crippen LogP contribution is -2.52. The second-order valence-corrected chi connectivity index (χ2v) is 10.6. The number of fused-ring (bicyclic) bond motifs is 1. The Hall–Kier alpha value is -2.03. The second kappa shape index (κ2) is 10.5. The molecule has 2 aliphatic rings. The van der Waals surface area contributed by atoms with Crippen LogP contribution in [-0.2, 0) is 5.41 Å². The quantitative estimate of drug-likeness (QED) is 0.427. The molecule has 0 radical (unpaired) electrons. The molecule has 0 spiro atoms. The van der Waals surface area contributed by atoms with Gasteiger partial charge in [-0.25, -0.2) is 4.79 Å². The van der Waals surface area contributed by atoms with Crippen LogP contribution in [0.4, 0.5) is 4.79 Å². The van der Waals surface area contributed by atoms with Gasteiger partial charge in [-0.2, -0.15) is 0 Å². The molecule has 3 atom stereocenters. The molecule has 0 aromatic heterocycles. The number of hydrogen-bond acceptors (Lipinski definition) is 6. The van der Waals surface area contributed by atoms with E-state index in [1.807, 2.05) is 18.2 Å². The summed E-state index contributed by atoms with van der Waals surface area (Å²) in [5, 5.41) is 3.21. The molecular weight excluding hydrogens is 454 g/mol. The molecule has 4 rings (SSSR count). The van der Waals surface area contributed by atoms with E-state index in [0.29, 0.717) is 6.04 Å². The highest BCUT2D eigenvalue weighted by molar-refractivity contribution is 7.98. The fourth-order valence-corrected chi connectivity index (χ4v) is 6.31. The number of carbonyl (C=O) groups is 1. The first-order chi connectivity index (χ1) is 16.0. The Bertz CT molecular complexity index is 972. The molecule has 1 saturated carbocycles. The van der Waals surface area contributed by atoms with Crippen molar-refractivity contribution in [2.45, 2.75) is 53.0 Å². The monoisotopic (exact) mass is 487 g/mol. The van der Waals surface area contributed by atoms with Crippen molar-refractivity contribution in [3.05, 3.63) is 48.0 Å². The van der Waals surface area contributed by atoms with Crippen molar-refractivity contribution < 1.29 is 14.3 Å². The third kappa shape index (κ3) is 5.08. The number of benzene rings is 2. The van der Waals surface area contributed by atoms with E-state index < -0.39 is 0 Å². The van der Waals surface area contributed by atoms with Crippen LogP contribution in [0.25, 0.3) is 0 Å². The number of likely N-dealkylation sites (N-methyl/N-ethyl adjacent to an activating group) is 1. The molecule has 2 aromatic carbocycles. The van der Waals surface area contributed by atoms with Gasteiger partial charge in [-0.1, -0.05) is 6.07 Å². The number of hydrogen-bond donors (Lipinski definition) is 2. The molecule has 2 N–H and O–H groups in total. The average molecular weight is 488 g/mol. The lowest BCUT2D eigenvalue weighted by atomic mass is 9.65. The minimum Gasteiger partial charge on any atom is -0.493 e. The number of thioether (sulfide) groups is 1. The van der Waals surface area contributed by atoms with Gasteiger partial charge < -0.3 is 19.7 Å². The SMILES string of the molecule is COc1ccc(C23CCC(NC(=O)NSc4ccc(SC)cc4)CC2N(C)CC3)cc1OC. The molecule has 1 aliphatic carbocycles. The van der Waals surface area contributed by atoms with Gasteiger partial charge in [0, 0.05) is 27.3 Å². The summed E-state index contributed by atoms with van der Waals surface area (Å²) in [5.74, 6) is 1.54. The fourth-order valence-electron chi connectivity index (χ4n) is 5.36. The highest BCUT2D eigenvalue weighted by Crippen LogP contribution is 2.49. The van der Waals surface area contributed by atoms with Crippen LogP contribution in [-0.4, -0.2) is 57.1 Å². The number of methoxy groups -OCH3 is 2. The van der Waals surface area contributed by atoms with Crippen LogP contribution in [0.3, 0.4) is 0 Å². The molecule has 3 unspecified atom stereocenters. The summed E-state index contributed by atoms with van der Waals surface area (Å²) in [7, 11) is 5.55. The van der Waals surface area contributed by atoms with Crippen LogP contribution in [0.15, 0.2) is 52.3 Å². The first-order valence-corrected chi connectivity index (χ1v) is 13.3. The van der Waals surface area contributed by atoms with Crippen molar-refractivity contribution in [2.75, 3.05) is 34.1 Å². The lowest BCUT2D eigenvalue weighted by Gasteiger charge is -2.45. The molecule has 2 aromatic rings. The van der Waals surface area contributed by atoms with Crippen molar-refractivity contribution in [3.63, 3.8) is 0 Å². The summed E-state index contributed by atoms with van der Waals surface area (Å²) in [5.41, 5.74) is 1.39. The summed E-state index contributed by atoms with van der Waals surface area (Å²) in [6.45, 7) is 1.06. The maximum absolute atomic E-state index is 12.6. The molecule has 8 heteroatoms. The van der Waals surface area contributed by atoms with E-state index in [1.165, 1.54) is 22.4 Å². The number of carbonyl (C=O) groups excluding carboxylic acids is 1. The van der Waals surface area contributed by atoms with E-state index in [-0.39, 0.29) is 17.5 Å². The third-order valence-electron chi connectivity index (χ3n) is 7.14. The van der Waals surface area contributed by atoms with Gasteiger partial charge in [0.05, 0.1) is 14.2 Å². The molecule has 33 heavy (non-hydrogen) atoms. The standard InChI is InChI=1S/C25H33N3O3S2/c1-28-14-13-25(17-5-10-21(30-2)22(15-17)31-3)12-11-18(16-23(25)28)26-24(29)27-33-20-8-6-19(32-4)7-9-20/h5-10,15,18,23H,11-14,16H2,1-4H3,(H2,26,27,29). The Morgan fingerprint density at radius 2 is 1.79 bits per heavy atom. The third-order valence-corrected chi connectivity index (χ3v) is 8.68. The zero-order chi connectivity index (χ0) is 23.4. The number of urea groups is 1. The largest absolute Gasteiger partial charge is 0.493 e.